The zero-order valence-corrected chi connectivity index (χ0v) is 15.7. The van der Waals surface area contributed by atoms with Gasteiger partial charge in [-0.1, -0.05) is 17.7 Å². The van der Waals surface area contributed by atoms with Crippen LogP contribution in [-0.4, -0.2) is 60.7 Å². The van der Waals surface area contributed by atoms with Crippen LogP contribution in [0.1, 0.15) is 11.0 Å². The topological polar surface area (TPSA) is 64.0 Å². The number of rotatable bonds is 4. The molecular weight excluding hydrogens is 358 g/mol. The Morgan fingerprint density at radius 2 is 2.12 bits per heavy atom. The molecule has 2 aromatic rings. The second kappa shape index (κ2) is 8.51. The van der Waals surface area contributed by atoms with Crippen molar-refractivity contribution in [3.05, 3.63) is 45.7 Å². The lowest BCUT2D eigenvalue weighted by Crippen LogP contribution is -2.53. The predicted molar refractivity (Wildman–Crippen MR) is 104 cm³/mol. The van der Waals surface area contributed by atoms with Crippen LogP contribution < -0.4 is 10.2 Å². The molecule has 1 aliphatic rings. The molecule has 0 bridgehead atoms. The van der Waals surface area contributed by atoms with Crippen molar-refractivity contribution in [1.82, 2.24) is 15.2 Å². The zero-order chi connectivity index (χ0) is 17.6. The summed E-state index contributed by atoms with van der Waals surface area (Å²) in [6.07, 6.45) is 1.23. The summed E-state index contributed by atoms with van der Waals surface area (Å²) in [6, 6.07) is 9.63. The number of guanidine groups is 1. The van der Waals surface area contributed by atoms with Gasteiger partial charge < -0.3 is 20.2 Å². The Morgan fingerprint density at radius 1 is 1.32 bits per heavy atom. The van der Waals surface area contributed by atoms with Gasteiger partial charge >= 0.3 is 0 Å². The summed E-state index contributed by atoms with van der Waals surface area (Å²) in [5.74, 6) is 1.82. The van der Waals surface area contributed by atoms with Gasteiger partial charge in [0, 0.05) is 50.8 Å². The molecule has 0 radical (unpaired) electrons. The van der Waals surface area contributed by atoms with E-state index in [0.717, 1.165) is 42.8 Å². The molecular formula is C17H22ClN5OS. The first-order valence-corrected chi connectivity index (χ1v) is 9.41. The molecule has 134 valence electrons. The largest absolute Gasteiger partial charge is 0.386 e. The molecule has 6 nitrogen and oxygen atoms in total. The van der Waals surface area contributed by atoms with Gasteiger partial charge in [-0.05, 0) is 24.3 Å². The average molecular weight is 380 g/mol. The Bertz CT molecular complexity index is 700. The number of hydrogen-bond donors (Lipinski definition) is 2. The van der Waals surface area contributed by atoms with E-state index in [4.69, 9.17) is 11.6 Å². The molecule has 0 spiro atoms. The first-order chi connectivity index (χ1) is 12.2. The van der Waals surface area contributed by atoms with Gasteiger partial charge in [-0.3, -0.25) is 4.99 Å². The summed E-state index contributed by atoms with van der Waals surface area (Å²) in [4.78, 5) is 14.1. The van der Waals surface area contributed by atoms with Crippen molar-refractivity contribution in [3.63, 3.8) is 0 Å². The summed E-state index contributed by atoms with van der Waals surface area (Å²) in [6.45, 7) is 3.90. The molecule has 0 aromatic carbocycles. The lowest BCUT2D eigenvalue weighted by Gasteiger charge is -2.37. The number of aliphatic hydroxyl groups excluding tert-OH is 1. The number of piperazine rings is 1. The number of anilines is 1. The Hall–Kier alpha value is -1.83. The molecule has 8 heteroatoms. The molecule has 1 aliphatic heterocycles. The van der Waals surface area contributed by atoms with Crippen LogP contribution in [0.3, 0.4) is 0 Å². The lowest BCUT2D eigenvalue weighted by atomic mass is 10.3. The van der Waals surface area contributed by atoms with Crippen molar-refractivity contribution >= 4 is 34.7 Å². The molecule has 1 saturated heterocycles. The number of aromatic nitrogens is 1. The van der Waals surface area contributed by atoms with Crippen molar-refractivity contribution in [2.75, 3.05) is 44.7 Å². The minimum Gasteiger partial charge on any atom is -0.386 e. The second-order valence-electron chi connectivity index (χ2n) is 5.75. The molecule has 3 rings (SSSR count). The van der Waals surface area contributed by atoms with Crippen LogP contribution in [0, 0.1) is 0 Å². The molecule has 25 heavy (non-hydrogen) atoms. The molecule has 0 aliphatic carbocycles. The molecule has 2 N–H and O–H groups in total. The van der Waals surface area contributed by atoms with Crippen molar-refractivity contribution in [2.24, 2.45) is 4.99 Å². The van der Waals surface area contributed by atoms with Gasteiger partial charge in [0.15, 0.2) is 5.96 Å². The van der Waals surface area contributed by atoms with Crippen molar-refractivity contribution in [1.29, 1.82) is 0 Å². The number of hydrogen-bond acceptors (Lipinski definition) is 5. The van der Waals surface area contributed by atoms with E-state index in [2.05, 4.69) is 25.1 Å². The summed E-state index contributed by atoms with van der Waals surface area (Å²) < 4.78 is 0.684. The van der Waals surface area contributed by atoms with E-state index in [1.54, 1.807) is 13.1 Å². The van der Waals surface area contributed by atoms with Crippen LogP contribution in [0.2, 0.25) is 4.34 Å². The summed E-state index contributed by atoms with van der Waals surface area (Å²) >= 11 is 7.32. The van der Waals surface area contributed by atoms with Gasteiger partial charge in [-0.15, -0.1) is 11.3 Å². The Morgan fingerprint density at radius 3 is 2.72 bits per heavy atom. The minimum absolute atomic E-state index is 0.407. The smallest absolute Gasteiger partial charge is 0.193 e. The Labute approximate surface area is 156 Å². The third kappa shape index (κ3) is 4.62. The highest BCUT2D eigenvalue weighted by Crippen LogP contribution is 2.26. The quantitative estimate of drug-likeness (QED) is 0.630. The van der Waals surface area contributed by atoms with E-state index in [-0.39, 0.29) is 0 Å². The summed E-state index contributed by atoms with van der Waals surface area (Å²) in [5.41, 5.74) is 0. The van der Waals surface area contributed by atoms with Gasteiger partial charge in [-0.25, -0.2) is 4.98 Å². The van der Waals surface area contributed by atoms with Gasteiger partial charge in [0.1, 0.15) is 11.9 Å². The number of pyridine rings is 1. The number of aliphatic imine (C=N–C) groups is 1. The van der Waals surface area contributed by atoms with Gasteiger partial charge in [0.25, 0.3) is 0 Å². The highest BCUT2D eigenvalue weighted by atomic mass is 35.5. The molecule has 1 unspecified atom stereocenters. The number of halogens is 1. The van der Waals surface area contributed by atoms with Crippen LogP contribution in [0.15, 0.2) is 41.5 Å². The second-order valence-corrected chi connectivity index (χ2v) is 7.49. The van der Waals surface area contributed by atoms with E-state index in [0.29, 0.717) is 10.9 Å². The van der Waals surface area contributed by atoms with E-state index in [9.17, 15) is 5.11 Å². The highest BCUT2D eigenvalue weighted by molar-refractivity contribution is 7.16. The predicted octanol–water partition coefficient (Wildman–Crippen LogP) is 2.23. The number of aliphatic hydroxyl groups is 1. The van der Waals surface area contributed by atoms with Crippen LogP contribution in [0.4, 0.5) is 5.82 Å². The Balaban J connectivity index is 1.51. The van der Waals surface area contributed by atoms with Crippen LogP contribution in [0.25, 0.3) is 0 Å². The van der Waals surface area contributed by atoms with Crippen LogP contribution >= 0.6 is 22.9 Å². The van der Waals surface area contributed by atoms with Crippen LogP contribution in [0.5, 0.6) is 0 Å². The maximum atomic E-state index is 10.3. The van der Waals surface area contributed by atoms with Crippen molar-refractivity contribution in [2.45, 2.75) is 6.10 Å². The SMILES string of the molecule is CN=C(NCC(O)c1ccc(Cl)s1)N1CCN(c2ccccn2)CC1. The number of nitrogens with one attached hydrogen (secondary N) is 1. The average Bonchev–Trinajstić information content (AvgIpc) is 3.10. The molecule has 3 heterocycles. The molecule has 2 aromatic heterocycles. The summed E-state index contributed by atoms with van der Waals surface area (Å²) in [7, 11) is 1.77. The lowest BCUT2D eigenvalue weighted by molar-refractivity contribution is 0.183. The fourth-order valence-corrected chi connectivity index (χ4v) is 3.86. The van der Waals surface area contributed by atoms with Crippen molar-refractivity contribution in [3.8, 4) is 0 Å². The number of thiophene rings is 1. The zero-order valence-electron chi connectivity index (χ0n) is 14.1. The van der Waals surface area contributed by atoms with E-state index in [1.807, 2.05) is 30.5 Å². The van der Waals surface area contributed by atoms with Gasteiger partial charge in [0.05, 0.1) is 4.34 Å². The maximum absolute atomic E-state index is 10.3. The standard InChI is InChI=1S/C17H22ClN5OS/c1-19-17(21-12-13(24)14-5-6-15(18)25-14)23-10-8-22(9-11-23)16-4-2-3-7-20-16/h2-7,13,24H,8-12H2,1H3,(H,19,21). The molecule has 0 amide bonds. The molecule has 1 atom stereocenters. The maximum Gasteiger partial charge on any atom is 0.193 e. The Kier molecular flexibility index (Phi) is 6.12. The van der Waals surface area contributed by atoms with E-state index >= 15 is 0 Å². The monoisotopic (exact) mass is 379 g/mol. The van der Waals surface area contributed by atoms with Crippen molar-refractivity contribution < 1.29 is 5.11 Å². The van der Waals surface area contributed by atoms with Gasteiger partial charge in [0.2, 0.25) is 0 Å². The minimum atomic E-state index is -0.593. The first-order valence-electron chi connectivity index (χ1n) is 8.22. The fourth-order valence-electron chi connectivity index (χ4n) is 2.82. The van der Waals surface area contributed by atoms with E-state index < -0.39 is 6.10 Å². The molecule has 1 fully saturated rings. The molecule has 0 saturated carbocycles. The van der Waals surface area contributed by atoms with Crippen LogP contribution in [-0.2, 0) is 0 Å². The van der Waals surface area contributed by atoms with Gasteiger partial charge in [-0.2, -0.15) is 0 Å². The highest BCUT2D eigenvalue weighted by Gasteiger charge is 2.21. The third-order valence-electron chi connectivity index (χ3n) is 4.14. The third-order valence-corrected chi connectivity index (χ3v) is 5.47. The first kappa shape index (κ1) is 18.0. The summed E-state index contributed by atoms with van der Waals surface area (Å²) in [5, 5.41) is 13.5. The normalized spacial score (nSPS) is 16.8. The van der Waals surface area contributed by atoms with E-state index in [1.165, 1.54) is 11.3 Å². The fraction of sp³-hybridized carbons (Fsp3) is 0.412. The number of nitrogens with zero attached hydrogens (tertiary/aromatic N) is 4.